The normalized spacial score (nSPS) is 15.1. The fraction of sp³-hybridized carbons (Fsp3) is 0.364. The molecule has 0 spiro atoms. The molecule has 1 aromatic heterocycles. The molecule has 1 aliphatic carbocycles. The highest BCUT2D eigenvalue weighted by Crippen LogP contribution is 2.17. The summed E-state index contributed by atoms with van der Waals surface area (Å²) in [7, 11) is 0. The summed E-state index contributed by atoms with van der Waals surface area (Å²) in [6.07, 6.45) is 1.75. The number of carbonyl (C=O) groups is 2. The Balaban J connectivity index is 2.42. The number of Topliss-reactive ketones (excluding diaryl/α,β-unsaturated/α-hetero) is 2. The molecule has 2 rings (SSSR count). The molecule has 14 heavy (non-hydrogen) atoms. The van der Waals surface area contributed by atoms with Gasteiger partial charge in [-0.2, -0.15) is 0 Å². The van der Waals surface area contributed by atoms with Crippen LogP contribution >= 0.6 is 0 Å². The number of carbonyl (C=O) groups excluding carboxylic acids is 2. The largest absolute Gasteiger partial charge is 0.299 e. The van der Waals surface area contributed by atoms with Gasteiger partial charge in [0.15, 0.2) is 5.78 Å². The van der Waals surface area contributed by atoms with Gasteiger partial charge < -0.3 is 0 Å². The first-order chi connectivity index (χ1) is 6.66. The molecule has 0 saturated carbocycles. The van der Waals surface area contributed by atoms with E-state index in [2.05, 4.69) is 4.98 Å². The van der Waals surface area contributed by atoms with Gasteiger partial charge >= 0.3 is 0 Å². The molecule has 1 aromatic rings. The average molecular weight is 189 g/mol. The minimum Gasteiger partial charge on any atom is -0.299 e. The average Bonchev–Trinajstić information content (AvgIpc) is 2.16. The molecule has 0 radical (unpaired) electrons. The van der Waals surface area contributed by atoms with Crippen LogP contribution in [0.1, 0.15) is 35.1 Å². The van der Waals surface area contributed by atoms with E-state index in [-0.39, 0.29) is 11.6 Å². The van der Waals surface area contributed by atoms with Gasteiger partial charge in [0.05, 0.1) is 5.69 Å². The molecule has 0 aliphatic heterocycles. The van der Waals surface area contributed by atoms with Crippen molar-refractivity contribution in [1.29, 1.82) is 0 Å². The number of fused-ring (bicyclic) bond motifs is 1. The van der Waals surface area contributed by atoms with Crippen LogP contribution in [-0.2, 0) is 17.6 Å². The van der Waals surface area contributed by atoms with Crippen molar-refractivity contribution in [3.8, 4) is 0 Å². The van der Waals surface area contributed by atoms with E-state index in [0.29, 0.717) is 18.5 Å². The molecule has 1 heterocycles. The maximum Gasteiger partial charge on any atom is 0.178 e. The number of rotatable bonds is 1. The Labute approximate surface area is 82.2 Å². The number of pyridine rings is 1. The van der Waals surface area contributed by atoms with Crippen LogP contribution in [0.4, 0.5) is 0 Å². The van der Waals surface area contributed by atoms with Crippen LogP contribution in [0, 0.1) is 0 Å². The SMILES string of the molecule is CC(=O)c1ccc2c(n1)CC(=O)CC2. The van der Waals surface area contributed by atoms with Crippen molar-refractivity contribution in [3.05, 3.63) is 29.1 Å². The molecule has 0 saturated heterocycles. The van der Waals surface area contributed by atoms with Gasteiger partial charge in [-0.15, -0.1) is 0 Å². The lowest BCUT2D eigenvalue weighted by Gasteiger charge is -2.13. The predicted octanol–water partition coefficient (Wildman–Crippen LogP) is 1.34. The molecule has 3 nitrogen and oxygen atoms in total. The van der Waals surface area contributed by atoms with Crippen molar-refractivity contribution in [2.75, 3.05) is 0 Å². The quantitative estimate of drug-likeness (QED) is 0.626. The highest BCUT2D eigenvalue weighted by atomic mass is 16.1. The topological polar surface area (TPSA) is 47.0 Å². The van der Waals surface area contributed by atoms with E-state index in [4.69, 9.17) is 0 Å². The number of aryl methyl sites for hydroxylation is 1. The third-order valence-corrected chi connectivity index (χ3v) is 2.47. The second-order valence-electron chi connectivity index (χ2n) is 3.57. The van der Waals surface area contributed by atoms with Gasteiger partial charge in [0.2, 0.25) is 0 Å². The summed E-state index contributed by atoms with van der Waals surface area (Å²) < 4.78 is 0. The van der Waals surface area contributed by atoms with Crippen molar-refractivity contribution in [2.24, 2.45) is 0 Å². The maximum atomic E-state index is 11.2. The summed E-state index contributed by atoms with van der Waals surface area (Å²) in [6, 6.07) is 3.64. The Morgan fingerprint density at radius 3 is 2.86 bits per heavy atom. The molecule has 0 aromatic carbocycles. The van der Waals surface area contributed by atoms with Crippen molar-refractivity contribution in [1.82, 2.24) is 4.98 Å². The summed E-state index contributed by atoms with van der Waals surface area (Å²) in [4.78, 5) is 26.4. The smallest absolute Gasteiger partial charge is 0.178 e. The van der Waals surface area contributed by atoms with E-state index in [1.165, 1.54) is 6.92 Å². The van der Waals surface area contributed by atoms with Crippen molar-refractivity contribution < 1.29 is 9.59 Å². The summed E-state index contributed by atoms with van der Waals surface area (Å²) in [5.74, 6) is 0.163. The third-order valence-electron chi connectivity index (χ3n) is 2.47. The van der Waals surface area contributed by atoms with Crippen molar-refractivity contribution >= 4 is 11.6 Å². The molecular weight excluding hydrogens is 178 g/mol. The Morgan fingerprint density at radius 2 is 2.14 bits per heavy atom. The second kappa shape index (κ2) is 3.33. The number of nitrogens with zero attached hydrogens (tertiary/aromatic N) is 1. The second-order valence-corrected chi connectivity index (χ2v) is 3.57. The monoisotopic (exact) mass is 189 g/mol. The van der Waals surface area contributed by atoms with E-state index in [1.54, 1.807) is 6.07 Å². The van der Waals surface area contributed by atoms with Crippen LogP contribution in [-0.4, -0.2) is 16.6 Å². The Morgan fingerprint density at radius 1 is 1.36 bits per heavy atom. The molecule has 72 valence electrons. The standard InChI is InChI=1S/C11H11NO2/c1-7(13)10-5-3-8-2-4-9(14)6-11(8)12-10/h3,5H,2,4,6H2,1H3. The number of aromatic nitrogens is 1. The van der Waals surface area contributed by atoms with E-state index < -0.39 is 0 Å². The lowest BCUT2D eigenvalue weighted by atomic mass is 9.94. The predicted molar refractivity (Wildman–Crippen MR) is 51.3 cm³/mol. The zero-order valence-corrected chi connectivity index (χ0v) is 8.04. The maximum absolute atomic E-state index is 11.2. The Kier molecular flexibility index (Phi) is 2.15. The van der Waals surface area contributed by atoms with Gasteiger partial charge in [-0.3, -0.25) is 9.59 Å². The summed E-state index contributed by atoms with van der Waals surface area (Å²) in [6.45, 7) is 1.49. The molecule has 1 aliphatic rings. The van der Waals surface area contributed by atoms with Crippen LogP contribution in [0.3, 0.4) is 0 Å². The molecule has 0 N–H and O–H groups in total. The molecule has 3 heteroatoms. The van der Waals surface area contributed by atoms with Crippen molar-refractivity contribution in [2.45, 2.75) is 26.2 Å². The van der Waals surface area contributed by atoms with Crippen LogP contribution in [0.25, 0.3) is 0 Å². The lowest BCUT2D eigenvalue weighted by Crippen LogP contribution is -2.16. The first-order valence-electron chi connectivity index (χ1n) is 4.68. The van der Waals surface area contributed by atoms with Gasteiger partial charge in [-0.25, -0.2) is 4.98 Å². The Bertz CT molecular complexity index is 410. The molecule has 0 bridgehead atoms. The fourth-order valence-corrected chi connectivity index (χ4v) is 1.66. The Hall–Kier alpha value is -1.51. The van der Waals surface area contributed by atoms with E-state index in [9.17, 15) is 9.59 Å². The van der Waals surface area contributed by atoms with Crippen LogP contribution in [0.15, 0.2) is 12.1 Å². The van der Waals surface area contributed by atoms with E-state index >= 15 is 0 Å². The number of ketones is 2. The van der Waals surface area contributed by atoms with Gasteiger partial charge in [0.1, 0.15) is 11.5 Å². The van der Waals surface area contributed by atoms with Gasteiger partial charge in [0, 0.05) is 19.8 Å². The van der Waals surface area contributed by atoms with Crippen molar-refractivity contribution in [3.63, 3.8) is 0 Å². The highest BCUT2D eigenvalue weighted by molar-refractivity contribution is 5.92. The molecule has 0 fully saturated rings. The summed E-state index contributed by atoms with van der Waals surface area (Å²) >= 11 is 0. The minimum atomic E-state index is -0.0502. The van der Waals surface area contributed by atoms with E-state index in [1.807, 2.05) is 6.07 Å². The lowest BCUT2D eigenvalue weighted by molar-refractivity contribution is -0.118. The third kappa shape index (κ3) is 1.58. The van der Waals surface area contributed by atoms with Crippen LogP contribution in [0.5, 0.6) is 0 Å². The highest BCUT2D eigenvalue weighted by Gasteiger charge is 2.17. The van der Waals surface area contributed by atoms with Crippen LogP contribution < -0.4 is 0 Å². The van der Waals surface area contributed by atoms with E-state index in [0.717, 1.165) is 17.7 Å². The zero-order chi connectivity index (χ0) is 10.1. The first kappa shape index (κ1) is 9.06. The first-order valence-corrected chi connectivity index (χ1v) is 4.68. The van der Waals surface area contributed by atoms with Gasteiger partial charge in [0.25, 0.3) is 0 Å². The number of hydrogen-bond acceptors (Lipinski definition) is 3. The molecular formula is C11H11NO2. The molecule has 0 atom stereocenters. The number of hydrogen-bond donors (Lipinski definition) is 0. The van der Waals surface area contributed by atoms with Gasteiger partial charge in [-0.1, -0.05) is 6.07 Å². The zero-order valence-electron chi connectivity index (χ0n) is 8.04. The minimum absolute atomic E-state index is 0.0502. The summed E-state index contributed by atoms with van der Waals surface area (Å²) in [5, 5.41) is 0. The van der Waals surface area contributed by atoms with Gasteiger partial charge in [-0.05, 0) is 18.1 Å². The molecule has 0 unspecified atom stereocenters. The molecule has 0 amide bonds. The fourth-order valence-electron chi connectivity index (χ4n) is 1.66. The summed E-state index contributed by atoms with van der Waals surface area (Å²) in [5.41, 5.74) is 2.35. The van der Waals surface area contributed by atoms with Crippen LogP contribution in [0.2, 0.25) is 0 Å².